The summed E-state index contributed by atoms with van der Waals surface area (Å²) in [4.78, 5) is 15.1. The molecule has 0 saturated heterocycles. The monoisotopic (exact) mass is 174 g/mol. The van der Waals surface area contributed by atoms with Gasteiger partial charge in [0, 0.05) is 6.54 Å². The second-order valence-electron chi connectivity index (χ2n) is 2.62. The molecule has 2 N–H and O–H groups in total. The third kappa shape index (κ3) is 7.34. The maximum absolute atomic E-state index is 10.7. The molecule has 0 bridgehead atoms. The minimum Gasteiger partial charge on any atom is -0.336 e. The van der Waals surface area contributed by atoms with Gasteiger partial charge in [0.15, 0.2) is 0 Å². The van der Waals surface area contributed by atoms with E-state index in [0.29, 0.717) is 0 Å². The van der Waals surface area contributed by atoms with Gasteiger partial charge in [0.1, 0.15) is 0 Å². The molecule has 4 nitrogen and oxygen atoms in total. The predicted octanol–water partition coefficient (Wildman–Crippen LogP) is 1.43. The molecule has 72 valence electrons. The second-order valence-corrected chi connectivity index (χ2v) is 2.62. The minimum absolute atomic E-state index is 0.269. The van der Waals surface area contributed by atoms with Gasteiger partial charge in [-0.15, -0.1) is 0 Å². The van der Waals surface area contributed by atoms with Crippen molar-refractivity contribution in [3.63, 3.8) is 0 Å². The quantitative estimate of drug-likeness (QED) is 0.472. The van der Waals surface area contributed by atoms with Crippen molar-refractivity contribution in [1.82, 2.24) is 10.8 Å². The second kappa shape index (κ2) is 8.33. The van der Waals surface area contributed by atoms with Crippen molar-refractivity contribution < 1.29 is 9.63 Å². The molecular weight excluding hydrogens is 156 g/mol. The van der Waals surface area contributed by atoms with Crippen molar-refractivity contribution in [1.29, 1.82) is 0 Å². The first kappa shape index (κ1) is 11.2. The summed E-state index contributed by atoms with van der Waals surface area (Å²) < 4.78 is 0. The molecule has 0 aromatic heterocycles. The van der Waals surface area contributed by atoms with E-state index in [1.165, 1.54) is 26.4 Å². The van der Waals surface area contributed by atoms with E-state index in [1.807, 2.05) is 0 Å². The topological polar surface area (TPSA) is 50.4 Å². The van der Waals surface area contributed by atoms with Crippen LogP contribution in [0.3, 0.4) is 0 Å². The van der Waals surface area contributed by atoms with Gasteiger partial charge in [0.25, 0.3) is 0 Å². The summed E-state index contributed by atoms with van der Waals surface area (Å²) in [6, 6.07) is -0.269. The summed E-state index contributed by atoms with van der Waals surface area (Å²) in [5.74, 6) is 0. The van der Waals surface area contributed by atoms with Crippen LogP contribution in [0, 0.1) is 0 Å². The van der Waals surface area contributed by atoms with Crippen molar-refractivity contribution >= 4 is 6.03 Å². The van der Waals surface area contributed by atoms with Crippen LogP contribution in [0.4, 0.5) is 4.79 Å². The Morgan fingerprint density at radius 3 is 2.67 bits per heavy atom. The standard InChI is InChI=1S/C8H18N2O2/c1-3-4-5-6-7-9-8(11)10-12-2/h3-7H2,1-2H3,(H2,9,10,11). The Labute approximate surface area is 73.6 Å². The summed E-state index contributed by atoms with van der Waals surface area (Å²) in [5, 5.41) is 2.67. The molecule has 0 aromatic rings. The van der Waals surface area contributed by atoms with Crippen molar-refractivity contribution in [2.24, 2.45) is 0 Å². The van der Waals surface area contributed by atoms with E-state index in [-0.39, 0.29) is 6.03 Å². The molecule has 0 saturated carbocycles. The summed E-state index contributed by atoms with van der Waals surface area (Å²) in [6.07, 6.45) is 4.65. The molecular formula is C8H18N2O2. The zero-order chi connectivity index (χ0) is 9.23. The zero-order valence-corrected chi connectivity index (χ0v) is 7.85. The van der Waals surface area contributed by atoms with Gasteiger partial charge in [0.2, 0.25) is 0 Å². The Kier molecular flexibility index (Phi) is 7.79. The lowest BCUT2D eigenvalue weighted by Gasteiger charge is -2.04. The third-order valence-electron chi connectivity index (χ3n) is 1.51. The highest BCUT2D eigenvalue weighted by atomic mass is 16.6. The van der Waals surface area contributed by atoms with E-state index in [9.17, 15) is 4.79 Å². The normalized spacial score (nSPS) is 9.50. The fourth-order valence-corrected chi connectivity index (χ4v) is 0.882. The summed E-state index contributed by atoms with van der Waals surface area (Å²) >= 11 is 0. The largest absolute Gasteiger partial charge is 0.338 e. The average molecular weight is 174 g/mol. The third-order valence-corrected chi connectivity index (χ3v) is 1.51. The van der Waals surface area contributed by atoms with Gasteiger partial charge in [-0.3, -0.25) is 4.84 Å². The number of carbonyl (C=O) groups is 1. The lowest BCUT2D eigenvalue weighted by atomic mass is 10.2. The van der Waals surface area contributed by atoms with Crippen molar-refractivity contribution in [3.05, 3.63) is 0 Å². The Morgan fingerprint density at radius 1 is 1.33 bits per heavy atom. The first-order chi connectivity index (χ1) is 5.81. The van der Waals surface area contributed by atoms with Crippen LogP contribution in [-0.2, 0) is 4.84 Å². The summed E-state index contributed by atoms with van der Waals surface area (Å²) in [7, 11) is 1.41. The molecule has 0 aromatic carbocycles. The summed E-state index contributed by atoms with van der Waals surface area (Å²) in [6.45, 7) is 2.88. The molecule has 0 radical (unpaired) electrons. The predicted molar refractivity (Wildman–Crippen MR) is 47.7 cm³/mol. The molecule has 0 rings (SSSR count). The van der Waals surface area contributed by atoms with Crippen molar-refractivity contribution in [2.45, 2.75) is 32.6 Å². The number of unbranched alkanes of at least 4 members (excludes halogenated alkanes) is 3. The molecule has 0 fully saturated rings. The van der Waals surface area contributed by atoms with Crippen LogP contribution in [-0.4, -0.2) is 19.7 Å². The summed E-state index contributed by atoms with van der Waals surface area (Å²) in [5.41, 5.74) is 2.19. The van der Waals surface area contributed by atoms with Gasteiger partial charge in [-0.25, -0.2) is 10.3 Å². The van der Waals surface area contributed by atoms with E-state index in [4.69, 9.17) is 0 Å². The van der Waals surface area contributed by atoms with Gasteiger partial charge in [-0.2, -0.15) is 0 Å². The van der Waals surface area contributed by atoms with Gasteiger partial charge in [-0.05, 0) is 6.42 Å². The minimum atomic E-state index is -0.269. The van der Waals surface area contributed by atoms with Crippen LogP contribution < -0.4 is 10.8 Å². The molecule has 0 aliphatic rings. The molecule has 4 heteroatoms. The molecule has 2 amide bonds. The van der Waals surface area contributed by atoms with Crippen LogP contribution in [0.5, 0.6) is 0 Å². The SMILES string of the molecule is CCCCCCNC(=O)NOC. The Morgan fingerprint density at radius 2 is 2.08 bits per heavy atom. The maximum atomic E-state index is 10.7. The lowest BCUT2D eigenvalue weighted by molar-refractivity contribution is 0.107. The molecule has 0 aliphatic carbocycles. The van der Waals surface area contributed by atoms with E-state index >= 15 is 0 Å². The molecule has 0 spiro atoms. The lowest BCUT2D eigenvalue weighted by Crippen LogP contribution is -2.35. The fraction of sp³-hybridized carbons (Fsp3) is 0.875. The highest BCUT2D eigenvalue weighted by molar-refractivity contribution is 5.72. The number of carbonyl (C=O) groups excluding carboxylic acids is 1. The van der Waals surface area contributed by atoms with Crippen LogP contribution in [0.15, 0.2) is 0 Å². The number of nitrogens with one attached hydrogen (secondary N) is 2. The molecule has 0 heterocycles. The Balaban J connectivity index is 3.03. The van der Waals surface area contributed by atoms with E-state index in [0.717, 1.165) is 13.0 Å². The zero-order valence-electron chi connectivity index (χ0n) is 7.85. The van der Waals surface area contributed by atoms with E-state index in [1.54, 1.807) is 0 Å². The van der Waals surface area contributed by atoms with Crippen LogP contribution in [0.1, 0.15) is 32.6 Å². The number of amides is 2. The highest BCUT2D eigenvalue weighted by Crippen LogP contribution is 1.96. The number of rotatable bonds is 6. The number of urea groups is 1. The fourth-order valence-electron chi connectivity index (χ4n) is 0.882. The maximum Gasteiger partial charge on any atom is 0.338 e. The van der Waals surface area contributed by atoms with Gasteiger partial charge in [0.05, 0.1) is 7.11 Å². The number of hydrogen-bond donors (Lipinski definition) is 2. The van der Waals surface area contributed by atoms with E-state index < -0.39 is 0 Å². The first-order valence-electron chi connectivity index (χ1n) is 4.38. The average Bonchev–Trinajstić information content (AvgIpc) is 2.05. The molecule has 0 aliphatic heterocycles. The van der Waals surface area contributed by atoms with Crippen LogP contribution in [0.2, 0.25) is 0 Å². The first-order valence-corrected chi connectivity index (χ1v) is 4.38. The Hall–Kier alpha value is -0.770. The highest BCUT2D eigenvalue weighted by Gasteiger charge is 1.95. The van der Waals surface area contributed by atoms with Gasteiger partial charge in [-0.1, -0.05) is 26.2 Å². The van der Waals surface area contributed by atoms with Crippen molar-refractivity contribution in [3.8, 4) is 0 Å². The molecule has 0 atom stereocenters. The van der Waals surface area contributed by atoms with Gasteiger partial charge < -0.3 is 5.32 Å². The van der Waals surface area contributed by atoms with Gasteiger partial charge >= 0.3 is 6.03 Å². The molecule has 0 unspecified atom stereocenters. The number of hydroxylamine groups is 1. The van der Waals surface area contributed by atoms with Crippen LogP contribution in [0.25, 0.3) is 0 Å². The van der Waals surface area contributed by atoms with E-state index in [2.05, 4.69) is 22.6 Å². The van der Waals surface area contributed by atoms with Crippen molar-refractivity contribution in [2.75, 3.05) is 13.7 Å². The number of hydrogen-bond acceptors (Lipinski definition) is 2. The van der Waals surface area contributed by atoms with Crippen LogP contribution >= 0.6 is 0 Å². The smallest absolute Gasteiger partial charge is 0.336 e. The molecule has 12 heavy (non-hydrogen) atoms. The Bertz CT molecular complexity index is 118.